The van der Waals surface area contributed by atoms with E-state index in [-0.39, 0.29) is 23.9 Å². The number of carbonyl (C=O) groups excluding carboxylic acids is 2. The van der Waals surface area contributed by atoms with Crippen molar-refractivity contribution in [3.63, 3.8) is 0 Å². The number of piperidine rings is 1. The van der Waals surface area contributed by atoms with Crippen LogP contribution in [0.25, 0.3) is 0 Å². The Morgan fingerprint density at radius 2 is 1.86 bits per heavy atom. The van der Waals surface area contributed by atoms with Crippen LogP contribution in [-0.2, 0) is 4.79 Å². The van der Waals surface area contributed by atoms with Gasteiger partial charge in [-0.2, -0.15) is 0 Å². The second-order valence-electron chi connectivity index (χ2n) is 6.89. The Bertz CT molecular complexity index is 380. The molecular formula is C17H31N3O2. The molecule has 0 aromatic heterocycles. The Balaban J connectivity index is 1.81. The minimum Gasteiger partial charge on any atom is -0.353 e. The number of rotatable bonds is 4. The van der Waals surface area contributed by atoms with Crippen LogP contribution in [0.4, 0.5) is 4.79 Å². The highest BCUT2D eigenvalue weighted by atomic mass is 16.2. The zero-order chi connectivity index (χ0) is 15.9. The van der Waals surface area contributed by atoms with Gasteiger partial charge in [0.1, 0.15) is 0 Å². The van der Waals surface area contributed by atoms with Gasteiger partial charge in [-0.05, 0) is 39.0 Å². The molecule has 0 radical (unpaired) electrons. The fourth-order valence-electron chi connectivity index (χ4n) is 3.35. The molecule has 5 heteroatoms. The van der Waals surface area contributed by atoms with E-state index in [4.69, 9.17) is 0 Å². The van der Waals surface area contributed by atoms with Crippen molar-refractivity contribution in [3.05, 3.63) is 0 Å². The van der Waals surface area contributed by atoms with Gasteiger partial charge in [-0.25, -0.2) is 4.79 Å². The fourth-order valence-corrected chi connectivity index (χ4v) is 3.35. The van der Waals surface area contributed by atoms with Gasteiger partial charge in [-0.3, -0.25) is 4.79 Å². The monoisotopic (exact) mass is 309 g/mol. The molecule has 0 spiro atoms. The molecule has 0 aromatic carbocycles. The maximum Gasteiger partial charge on any atom is 0.317 e. The smallest absolute Gasteiger partial charge is 0.317 e. The van der Waals surface area contributed by atoms with Crippen LogP contribution < -0.4 is 10.6 Å². The minimum absolute atomic E-state index is 0.0212. The molecule has 1 heterocycles. The van der Waals surface area contributed by atoms with Gasteiger partial charge in [0.25, 0.3) is 0 Å². The van der Waals surface area contributed by atoms with Gasteiger partial charge in [0.05, 0.1) is 5.92 Å². The summed E-state index contributed by atoms with van der Waals surface area (Å²) in [6.07, 6.45) is 8.63. The molecule has 1 saturated carbocycles. The number of amides is 3. The summed E-state index contributed by atoms with van der Waals surface area (Å²) in [6.45, 7) is 5.41. The predicted octanol–water partition coefficient (Wildman–Crippen LogP) is 2.66. The van der Waals surface area contributed by atoms with Crippen molar-refractivity contribution in [2.75, 3.05) is 13.1 Å². The molecular weight excluding hydrogens is 278 g/mol. The van der Waals surface area contributed by atoms with Crippen molar-refractivity contribution in [2.45, 2.75) is 77.3 Å². The molecule has 1 aliphatic carbocycles. The SMILES string of the molecule is CC[C@H](C)NC(=O)[C@H]1CCCN(C(=O)NC2CCCCC2)C1. The van der Waals surface area contributed by atoms with Crippen LogP contribution in [0.5, 0.6) is 0 Å². The van der Waals surface area contributed by atoms with Crippen molar-refractivity contribution in [3.8, 4) is 0 Å². The fraction of sp³-hybridized carbons (Fsp3) is 0.882. The van der Waals surface area contributed by atoms with E-state index in [0.717, 1.165) is 38.6 Å². The quantitative estimate of drug-likeness (QED) is 0.838. The lowest BCUT2D eigenvalue weighted by atomic mass is 9.95. The third-order valence-electron chi connectivity index (χ3n) is 5.01. The second kappa shape index (κ2) is 8.39. The zero-order valence-corrected chi connectivity index (χ0v) is 14.1. The average Bonchev–Trinajstić information content (AvgIpc) is 2.55. The summed E-state index contributed by atoms with van der Waals surface area (Å²) in [5.74, 6) is 0.0457. The molecule has 22 heavy (non-hydrogen) atoms. The van der Waals surface area contributed by atoms with Crippen molar-refractivity contribution in [1.29, 1.82) is 0 Å². The Labute approximate surface area is 134 Å². The van der Waals surface area contributed by atoms with Crippen LogP contribution in [0.1, 0.15) is 65.2 Å². The third-order valence-corrected chi connectivity index (χ3v) is 5.01. The maximum atomic E-state index is 12.4. The summed E-state index contributed by atoms with van der Waals surface area (Å²) >= 11 is 0. The maximum absolute atomic E-state index is 12.4. The Morgan fingerprint density at radius 1 is 1.14 bits per heavy atom. The Hall–Kier alpha value is -1.26. The molecule has 1 saturated heterocycles. The zero-order valence-electron chi connectivity index (χ0n) is 14.1. The van der Waals surface area contributed by atoms with Gasteiger partial charge in [-0.1, -0.05) is 26.2 Å². The number of nitrogens with one attached hydrogen (secondary N) is 2. The molecule has 126 valence electrons. The summed E-state index contributed by atoms with van der Waals surface area (Å²) < 4.78 is 0. The molecule has 5 nitrogen and oxygen atoms in total. The highest BCUT2D eigenvalue weighted by molar-refractivity contribution is 5.81. The third kappa shape index (κ3) is 4.89. The lowest BCUT2D eigenvalue weighted by molar-refractivity contribution is -0.126. The Kier molecular flexibility index (Phi) is 6.52. The number of hydrogen-bond acceptors (Lipinski definition) is 2. The molecule has 0 aromatic rings. The summed E-state index contributed by atoms with van der Waals surface area (Å²) in [6, 6.07) is 0.558. The van der Waals surface area contributed by atoms with E-state index in [2.05, 4.69) is 17.6 Å². The van der Waals surface area contributed by atoms with E-state index in [1.54, 1.807) is 0 Å². The van der Waals surface area contributed by atoms with Gasteiger partial charge < -0.3 is 15.5 Å². The van der Waals surface area contributed by atoms with E-state index >= 15 is 0 Å². The molecule has 2 fully saturated rings. The molecule has 2 rings (SSSR count). The lowest BCUT2D eigenvalue weighted by Crippen LogP contribution is -2.51. The first-order chi connectivity index (χ1) is 10.6. The topological polar surface area (TPSA) is 61.4 Å². The highest BCUT2D eigenvalue weighted by Gasteiger charge is 2.29. The van der Waals surface area contributed by atoms with E-state index < -0.39 is 0 Å². The Morgan fingerprint density at radius 3 is 2.55 bits per heavy atom. The number of nitrogens with zero attached hydrogens (tertiary/aromatic N) is 1. The lowest BCUT2D eigenvalue weighted by Gasteiger charge is -2.34. The van der Waals surface area contributed by atoms with E-state index in [1.165, 1.54) is 19.3 Å². The summed E-state index contributed by atoms with van der Waals surface area (Å²) in [7, 11) is 0. The molecule has 1 aliphatic heterocycles. The van der Waals surface area contributed by atoms with Gasteiger partial charge in [0.15, 0.2) is 0 Å². The number of urea groups is 1. The van der Waals surface area contributed by atoms with E-state index in [9.17, 15) is 9.59 Å². The first-order valence-electron chi connectivity index (χ1n) is 8.96. The van der Waals surface area contributed by atoms with Crippen molar-refractivity contribution >= 4 is 11.9 Å². The first kappa shape index (κ1) is 17.1. The van der Waals surface area contributed by atoms with Crippen LogP contribution in [0, 0.1) is 5.92 Å². The van der Waals surface area contributed by atoms with E-state index in [0.29, 0.717) is 12.6 Å². The molecule has 0 bridgehead atoms. The molecule has 2 aliphatic rings. The van der Waals surface area contributed by atoms with Crippen LogP contribution in [0.2, 0.25) is 0 Å². The molecule has 2 atom stereocenters. The van der Waals surface area contributed by atoms with Gasteiger partial charge in [0, 0.05) is 25.2 Å². The van der Waals surface area contributed by atoms with Crippen molar-refractivity contribution in [1.82, 2.24) is 15.5 Å². The second-order valence-corrected chi connectivity index (χ2v) is 6.89. The summed E-state index contributed by atoms with van der Waals surface area (Å²) in [5.41, 5.74) is 0. The average molecular weight is 309 g/mol. The summed E-state index contributed by atoms with van der Waals surface area (Å²) in [4.78, 5) is 26.5. The van der Waals surface area contributed by atoms with Crippen LogP contribution in [-0.4, -0.2) is 42.0 Å². The molecule has 3 amide bonds. The largest absolute Gasteiger partial charge is 0.353 e. The van der Waals surface area contributed by atoms with Gasteiger partial charge in [-0.15, -0.1) is 0 Å². The van der Waals surface area contributed by atoms with Crippen LogP contribution in [0.15, 0.2) is 0 Å². The minimum atomic E-state index is -0.0557. The molecule has 0 unspecified atom stereocenters. The normalized spacial score (nSPS) is 24.6. The number of hydrogen-bond donors (Lipinski definition) is 2. The summed E-state index contributed by atoms with van der Waals surface area (Å²) in [5, 5.41) is 6.20. The standard InChI is InChI=1S/C17H31N3O2/c1-3-13(2)18-16(21)14-8-7-11-20(12-14)17(22)19-15-9-5-4-6-10-15/h13-15H,3-12H2,1-2H3,(H,18,21)(H,19,22)/t13-,14-/m0/s1. The number of likely N-dealkylation sites (tertiary alicyclic amines) is 1. The van der Waals surface area contributed by atoms with Gasteiger partial charge in [0.2, 0.25) is 5.91 Å². The van der Waals surface area contributed by atoms with Crippen molar-refractivity contribution in [2.24, 2.45) is 5.92 Å². The predicted molar refractivity (Wildman–Crippen MR) is 87.6 cm³/mol. The van der Waals surface area contributed by atoms with Crippen molar-refractivity contribution < 1.29 is 9.59 Å². The number of carbonyl (C=O) groups is 2. The van der Waals surface area contributed by atoms with Crippen LogP contribution >= 0.6 is 0 Å². The molecule has 2 N–H and O–H groups in total. The van der Waals surface area contributed by atoms with Gasteiger partial charge >= 0.3 is 6.03 Å². The first-order valence-corrected chi connectivity index (χ1v) is 8.96. The van der Waals surface area contributed by atoms with E-state index in [1.807, 2.05) is 11.8 Å². The van der Waals surface area contributed by atoms with Crippen LogP contribution in [0.3, 0.4) is 0 Å². The highest BCUT2D eigenvalue weighted by Crippen LogP contribution is 2.20.